The summed E-state index contributed by atoms with van der Waals surface area (Å²) in [6, 6.07) is 3.93. The summed E-state index contributed by atoms with van der Waals surface area (Å²) in [6.07, 6.45) is 3.81. The lowest BCUT2D eigenvalue weighted by atomic mass is 9.80. The number of hydrogen-bond donors (Lipinski definition) is 2. The Labute approximate surface area is 175 Å². The van der Waals surface area contributed by atoms with E-state index < -0.39 is 5.97 Å². The first-order chi connectivity index (χ1) is 13.9. The molecule has 3 rings (SSSR count). The van der Waals surface area contributed by atoms with Crippen molar-refractivity contribution in [3.05, 3.63) is 22.4 Å². The van der Waals surface area contributed by atoms with Crippen molar-refractivity contribution in [1.82, 2.24) is 9.80 Å². The minimum Gasteiger partial charge on any atom is -0.481 e. The van der Waals surface area contributed by atoms with Gasteiger partial charge in [0.1, 0.15) is 0 Å². The molecule has 0 spiro atoms. The van der Waals surface area contributed by atoms with Gasteiger partial charge in [0.25, 0.3) is 0 Å². The van der Waals surface area contributed by atoms with Gasteiger partial charge in [-0.05, 0) is 68.6 Å². The van der Waals surface area contributed by atoms with Gasteiger partial charge in [-0.25, -0.2) is 0 Å². The summed E-state index contributed by atoms with van der Waals surface area (Å²) in [5.74, 6) is -0.555. The molecule has 0 radical (unpaired) electrons. The van der Waals surface area contributed by atoms with Crippen LogP contribution in [0, 0.1) is 17.8 Å². The lowest BCUT2D eigenvalue weighted by Crippen LogP contribution is -2.46. The Morgan fingerprint density at radius 1 is 1.14 bits per heavy atom. The maximum Gasteiger partial charge on any atom is 0.303 e. The number of likely N-dealkylation sites (tertiary alicyclic amines) is 2. The highest BCUT2D eigenvalue weighted by atomic mass is 32.1. The van der Waals surface area contributed by atoms with E-state index in [9.17, 15) is 19.5 Å². The smallest absolute Gasteiger partial charge is 0.303 e. The Balaban J connectivity index is 1.54. The third-order valence-corrected chi connectivity index (χ3v) is 7.27. The van der Waals surface area contributed by atoms with Gasteiger partial charge in [-0.3, -0.25) is 14.4 Å². The van der Waals surface area contributed by atoms with Crippen LogP contribution in [0.4, 0.5) is 0 Å². The summed E-state index contributed by atoms with van der Waals surface area (Å²) < 4.78 is 0. The normalized spacial score (nSPS) is 23.8. The van der Waals surface area contributed by atoms with E-state index in [1.165, 1.54) is 0 Å². The van der Waals surface area contributed by atoms with Crippen molar-refractivity contribution in [3.63, 3.8) is 0 Å². The van der Waals surface area contributed by atoms with E-state index in [0.717, 1.165) is 50.2 Å². The number of carboxylic acids is 1. The number of carboxylic acid groups (broad SMARTS) is 1. The van der Waals surface area contributed by atoms with Crippen LogP contribution < -0.4 is 5.73 Å². The minimum atomic E-state index is -0.763. The van der Waals surface area contributed by atoms with E-state index in [1.54, 1.807) is 11.3 Å². The molecule has 3 N–H and O–H groups in total. The summed E-state index contributed by atoms with van der Waals surface area (Å²) in [7, 11) is 0. The van der Waals surface area contributed by atoms with Crippen LogP contribution in [0.3, 0.4) is 0 Å². The Morgan fingerprint density at radius 2 is 1.90 bits per heavy atom. The second-order valence-electron chi connectivity index (χ2n) is 8.31. The maximum atomic E-state index is 12.7. The highest BCUT2D eigenvalue weighted by molar-refractivity contribution is 7.10. The van der Waals surface area contributed by atoms with Crippen molar-refractivity contribution in [1.29, 1.82) is 0 Å². The number of piperidine rings is 2. The van der Waals surface area contributed by atoms with Crippen LogP contribution >= 0.6 is 11.3 Å². The molecule has 1 aromatic rings. The standard InChI is InChI=1S/C21H31N3O4S/c22-21(28)15-3-7-23(8-4-15)9-5-17-14-24(10-6-16(17)12-20(26)27)19(25)13-18-2-1-11-29-18/h1-2,11,15-17H,3-10,12-14H2,(H2,22,28)(H,26,27). The Hall–Kier alpha value is -1.93. The second kappa shape index (κ2) is 10.2. The van der Waals surface area contributed by atoms with Crippen molar-refractivity contribution < 1.29 is 19.5 Å². The van der Waals surface area contributed by atoms with Gasteiger partial charge < -0.3 is 20.6 Å². The average Bonchev–Trinajstić information content (AvgIpc) is 3.20. The van der Waals surface area contributed by atoms with Crippen LogP contribution in [-0.2, 0) is 20.8 Å². The zero-order valence-corrected chi connectivity index (χ0v) is 17.6. The van der Waals surface area contributed by atoms with Crippen molar-refractivity contribution >= 4 is 29.1 Å². The van der Waals surface area contributed by atoms with E-state index in [0.29, 0.717) is 19.5 Å². The number of amides is 2. The van der Waals surface area contributed by atoms with Crippen LogP contribution in [0.5, 0.6) is 0 Å². The fourth-order valence-corrected chi connectivity index (χ4v) is 5.29. The zero-order chi connectivity index (χ0) is 20.8. The Kier molecular flexibility index (Phi) is 7.66. The number of hydrogen-bond acceptors (Lipinski definition) is 5. The molecule has 2 amide bonds. The fourth-order valence-electron chi connectivity index (χ4n) is 4.59. The molecule has 1 aromatic heterocycles. The number of primary amides is 1. The highest BCUT2D eigenvalue weighted by Crippen LogP contribution is 2.30. The van der Waals surface area contributed by atoms with E-state index in [2.05, 4.69) is 4.90 Å². The highest BCUT2D eigenvalue weighted by Gasteiger charge is 2.33. The van der Waals surface area contributed by atoms with E-state index in [1.807, 2.05) is 22.4 Å². The monoisotopic (exact) mass is 421 g/mol. The van der Waals surface area contributed by atoms with Gasteiger partial charge in [0.05, 0.1) is 6.42 Å². The van der Waals surface area contributed by atoms with Crippen LogP contribution in [0.25, 0.3) is 0 Å². The summed E-state index contributed by atoms with van der Waals surface area (Å²) in [5.41, 5.74) is 5.41. The van der Waals surface area contributed by atoms with Crippen LogP contribution in [0.1, 0.15) is 37.0 Å². The van der Waals surface area contributed by atoms with E-state index in [-0.39, 0.29) is 36.0 Å². The van der Waals surface area contributed by atoms with E-state index in [4.69, 9.17) is 5.73 Å². The molecule has 0 bridgehead atoms. The largest absolute Gasteiger partial charge is 0.481 e. The minimum absolute atomic E-state index is 0.0222. The number of carbonyl (C=O) groups is 3. The molecule has 160 valence electrons. The zero-order valence-electron chi connectivity index (χ0n) is 16.8. The first kappa shape index (κ1) is 21.8. The number of thiophene rings is 1. The molecular weight excluding hydrogens is 390 g/mol. The van der Waals surface area contributed by atoms with Crippen molar-refractivity contribution in [2.75, 3.05) is 32.7 Å². The predicted octanol–water partition coefficient (Wildman–Crippen LogP) is 1.82. The lowest BCUT2D eigenvalue weighted by molar-refractivity contribution is -0.140. The van der Waals surface area contributed by atoms with Crippen LogP contribution in [0.2, 0.25) is 0 Å². The maximum absolute atomic E-state index is 12.7. The first-order valence-corrected chi connectivity index (χ1v) is 11.3. The molecule has 8 heteroatoms. The van der Waals surface area contributed by atoms with Crippen LogP contribution in [-0.4, -0.2) is 65.4 Å². The van der Waals surface area contributed by atoms with E-state index >= 15 is 0 Å². The number of nitrogens with zero attached hydrogens (tertiary/aromatic N) is 2. The van der Waals surface area contributed by atoms with Crippen molar-refractivity contribution in [2.45, 2.75) is 38.5 Å². The third-order valence-electron chi connectivity index (χ3n) is 6.39. The number of nitrogens with two attached hydrogens (primary N) is 1. The number of rotatable bonds is 8. The fraction of sp³-hybridized carbons (Fsp3) is 0.667. The summed E-state index contributed by atoms with van der Waals surface area (Å²) in [6.45, 7) is 3.86. The van der Waals surface area contributed by atoms with Crippen LogP contribution in [0.15, 0.2) is 17.5 Å². The molecule has 0 saturated carbocycles. The van der Waals surface area contributed by atoms with Gasteiger partial charge in [-0.2, -0.15) is 0 Å². The summed E-state index contributed by atoms with van der Waals surface area (Å²) in [4.78, 5) is 40.7. The molecule has 2 aliphatic heterocycles. The number of carbonyl (C=O) groups excluding carboxylic acids is 2. The number of aliphatic carboxylic acids is 1. The quantitative estimate of drug-likeness (QED) is 0.666. The van der Waals surface area contributed by atoms with Gasteiger partial charge in [-0.15, -0.1) is 11.3 Å². The lowest BCUT2D eigenvalue weighted by Gasteiger charge is -2.39. The molecule has 7 nitrogen and oxygen atoms in total. The summed E-state index contributed by atoms with van der Waals surface area (Å²) in [5, 5.41) is 11.3. The first-order valence-electron chi connectivity index (χ1n) is 10.5. The van der Waals surface area contributed by atoms with Gasteiger partial charge in [0, 0.05) is 30.3 Å². The van der Waals surface area contributed by atoms with Gasteiger partial charge >= 0.3 is 5.97 Å². The van der Waals surface area contributed by atoms with Gasteiger partial charge in [0.15, 0.2) is 0 Å². The van der Waals surface area contributed by atoms with Gasteiger partial charge in [-0.1, -0.05) is 6.07 Å². The predicted molar refractivity (Wildman–Crippen MR) is 111 cm³/mol. The molecule has 2 fully saturated rings. The molecule has 2 saturated heterocycles. The molecule has 29 heavy (non-hydrogen) atoms. The topological polar surface area (TPSA) is 104 Å². The van der Waals surface area contributed by atoms with Gasteiger partial charge in [0.2, 0.25) is 11.8 Å². The average molecular weight is 422 g/mol. The molecule has 2 aliphatic rings. The molecule has 3 heterocycles. The molecular formula is C21H31N3O4S. The Bertz CT molecular complexity index is 701. The van der Waals surface area contributed by atoms with Crippen molar-refractivity contribution in [2.24, 2.45) is 23.5 Å². The summed E-state index contributed by atoms with van der Waals surface area (Å²) >= 11 is 1.59. The molecule has 0 aliphatic carbocycles. The third kappa shape index (κ3) is 6.27. The SMILES string of the molecule is NC(=O)C1CCN(CCC2CN(C(=O)Cc3cccs3)CCC2CC(=O)O)CC1. The molecule has 2 unspecified atom stereocenters. The second-order valence-corrected chi connectivity index (χ2v) is 9.34. The molecule has 2 atom stereocenters. The Morgan fingerprint density at radius 3 is 2.52 bits per heavy atom. The molecule has 0 aromatic carbocycles. The van der Waals surface area contributed by atoms with Crippen molar-refractivity contribution in [3.8, 4) is 0 Å².